The van der Waals surface area contributed by atoms with Crippen molar-refractivity contribution in [1.82, 2.24) is 15.1 Å². The highest BCUT2D eigenvalue weighted by atomic mass is 16.5. The van der Waals surface area contributed by atoms with E-state index in [0.717, 1.165) is 36.4 Å². The average Bonchev–Trinajstić information content (AvgIpc) is 2.83. The molecule has 0 aliphatic heterocycles. The van der Waals surface area contributed by atoms with Crippen LogP contribution in [0.1, 0.15) is 41.8 Å². The number of hydrogen-bond donors (Lipinski definition) is 1. The molecule has 0 spiro atoms. The molecule has 0 saturated heterocycles. The van der Waals surface area contributed by atoms with Crippen LogP contribution in [0.5, 0.6) is 5.75 Å². The first kappa shape index (κ1) is 19.0. The lowest BCUT2D eigenvalue weighted by Gasteiger charge is -2.08. The van der Waals surface area contributed by atoms with Crippen LogP contribution >= 0.6 is 0 Å². The standard InChI is InChI=1S/C20H29N3O2/c1-15-7-9-18(10-8-15)25-14-6-5-13-21-20(24)12-11-19-16(2)22-23(4)17(19)3/h7-10H,5-6,11-14H2,1-4H3,(H,21,24). The van der Waals surface area contributed by atoms with Crippen LogP contribution in [-0.4, -0.2) is 28.8 Å². The van der Waals surface area contributed by atoms with Gasteiger partial charge in [0, 0.05) is 25.7 Å². The number of amides is 1. The zero-order valence-corrected chi connectivity index (χ0v) is 15.8. The van der Waals surface area contributed by atoms with E-state index in [-0.39, 0.29) is 5.91 Å². The lowest BCUT2D eigenvalue weighted by atomic mass is 10.1. The van der Waals surface area contributed by atoms with E-state index < -0.39 is 0 Å². The van der Waals surface area contributed by atoms with Crippen molar-refractivity contribution < 1.29 is 9.53 Å². The molecule has 25 heavy (non-hydrogen) atoms. The van der Waals surface area contributed by atoms with Crippen molar-refractivity contribution in [2.24, 2.45) is 7.05 Å². The van der Waals surface area contributed by atoms with Crippen LogP contribution in [0.25, 0.3) is 0 Å². The van der Waals surface area contributed by atoms with Crippen molar-refractivity contribution in [3.05, 3.63) is 46.8 Å². The average molecular weight is 343 g/mol. The predicted molar refractivity (Wildman–Crippen MR) is 99.9 cm³/mol. The highest BCUT2D eigenvalue weighted by Gasteiger charge is 2.11. The van der Waals surface area contributed by atoms with Crippen LogP contribution in [0.15, 0.2) is 24.3 Å². The molecule has 1 heterocycles. The van der Waals surface area contributed by atoms with Crippen LogP contribution in [0.2, 0.25) is 0 Å². The number of aryl methyl sites for hydroxylation is 3. The van der Waals surface area contributed by atoms with E-state index in [4.69, 9.17) is 4.74 Å². The second-order valence-corrected chi connectivity index (χ2v) is 6.49. The van der Waals surface area contributed by atoms with Crippen LogP contribution in [0.3, 0.4) is 0 Å². The molecule has 0 radical (unpaired) electrons. The number of carbonyl (C=O) groups is 1. The Bertz CT molecular complexity index is 690. The summed E-state index contributed by atoms with van der Waals surface area (Å²) in [6.07, 6.45) is 3.10. The normalized spacial score (nSPS) is 10.7. The maximum Gasteiger partial charge on any atom is 0.220 e. The lowest BCUT2D eigenvalue weighted by molar-refractivity contribution is -0.121. The predicted octanol–water partition coefficient (Wildman–Crippen LogP) is 3.25. The van der Waals surface area contributed by atoms with Crippen LogP contribution in [-0.2, 0) is 18.3 Å². The number of aromatic nitrogens is 2. The second kappa shape index (κ2) is 9.25. The first-order chi connectivity index (χ1) is 12.0. The minimum Gasteiger partial charge on any atom is -0.494 e. The Balaban J connectivity index is 1.57. The molecule has 1 N–H and O–H groups in total. The Hall–Kier alpha value is -2.30. The fourth-order valence-corrected chi connectivity index (χ4v) is 2.79. The minimum atomic E-state index is 0.0992. The van der Waals surface area contributed by atoms with Gasteiger partial charge in [0.2, 0.25) is 5.91 Å². The first-order valence-corrected chi connectivity index (χ1v) is 8.92. The molecule has 0 aliphatic carbocycles. The maximum atomic E-state index is 12.0. The van der Waals surface area contributed by atoms with Crippen LogP contribution < -0.4 is 10.1 Å². The Kier molecular flexibility index (Phi) is 7.04. The summed E-state index contributed by atoms with van der Waals surface area (Å²) in [7, 11) is 1.94. The molecule has 5 nitrogen and oxygen atoms in total. The molecule has 1 amide bonds. The zero-order chi connectivity index (χ0) is 18.2. The van der Waals surface area contributed by atoms with Crippen molar-refractivity contribution in [3.63, 3.8) is 0 Å². The van der Waals surface area contributed by atoms with Gasteiger partial charge in [-0.25, -0.2) is 0 Å². The molecule has 2 rings (SSSR count). The molecule has 0 aliphatic rings. The first-order valence-electron chi connectivity index (χ1n) is 8.92. The van der Waals surface area contributed by atoms with E-state index in [0.29, 0.717) is 19.6 Å². The highest BCUT2D eigenvalue weighted by Crippen LogP contribution is 2.14. The largest absolute Gasteiger partial charge is 0.494 e. The summed E-state index contributed by atoms with van der Waals surface area (Å²) in [6, 6.07) is 8.06. The molecular weight excluding hydrogens is 314 g/mol. The van der Waals surface area contributed by atoms with Gasteiger partial charge in [-0.1, -0.05) is 17.7 Å². The SMILES string of the molecule is Cc1ccc(OCCCCNC(=O)CCc2c(C)nn(C)c2C)cc1. The van der Waals surface area contributed by atoms with E-state index in [2.05, 4.69) is 17.3 Å². The number of rotatable bonds is 9. The van der Waals surface area contributed by atoms with Crippen molar-refractivity contribution >= 4 is 5.91 Å². The summed E-state index contributed by atoms with van der Waals surface area (Å²) in [4.78, 5) is 12.0. The topological polar surface area (TPSA) is 56.1 Å². The monoisotopic (exact) mass is 343 g/mol. The molecule has 1 aromatic carbocycles. The fourth-order valence-electron chi connectivity index (χ4n) is 2.79. The van der Waals surface area contributed by atoms with Crippen molar-refractivity contribution in [1.29, 1.82) is 0 Å². The number of carbonyl (C=O) groups excluding carboxylic acids is 1. The molecular formula is C20H29N3O2. The highest BCUT2D eigenvalue weighted by molar-refractivity contribution is 5.76. The third-order valence-electron chi connectivity index (χ3n) is 4.44. The molecule has 136 valence electrons. The number of nitrogens with zero attached hydrogens (tertiary/aromatic N) is 2. The van der Waals surface area contributed by atoms with E-state index in [1.54, 1.807) is 0 Å². The fraction of sp³-hybridized carbons (Fsp3) is 0.500. The van der Waals surface area contributed by atoms with Crippen molar-refractivity contribution in [2.45, 2.75) is 46.5 Å². The van der Waals surface area contributed by atoms with E-state index in [1.807, 2.05) is 49.8 Å². The van der Waals surface area contributed by atoms with Crippen LogP contribution in [0.4, 0.5) is 0 Å². The molecule has 2 aromatic rings. The summed E-state index contributed by atoms with van der Waals surface area (Å²) >= 11 is 0. The Morgan fingerprint density at radius 2 is 1.88 bits per heavy atom. The van der Waals surface area contributed by atoms with Gasteiger partial charge < -0.3 is 10.1 Å². The van der Waals surface area contributed by atoms with Gasteiger partial charge in [-0.2, -0.15) is 5.10 Å². The van der Waals surface area contributed by atoms with Gasteiger partial charge in [-0.15, -0.1) is 0 Å². The molecule has 1 aromatic heterocycles. The van der Waals surface area contributed by atoms with Gasteiger partial charge in [0.25, 0.3) is 0 Å². The molecule has 0 fully saturated rings. The number of ether oxygens (including phenoxy) is 1. The lowest BCUT2D eigenvalue weighted by Crippen LogP contribution is -2.25. The third-order valence-corrected chi connectivity index (χ3v) is 4.44. The van der Waals surface area contributed by atoms with E-state index >= 15 is 0 Å². The Labute approximate surface area is 150 Å². The summed E-state index contributed by atoms with van der Waals surface area (Å²) in [6.45, 7) is 7.47. The summed E-state index contributed by atoms with van der Waals surface area (Å²) < 4.78 is 7.55. The molecule has 5 heteroatoms. The summed E-state index contributed by atoms with van der Waals surface area (Å²) in [5, 5.41) is 7.37. The number of benzene rings is 1. The van der Waals surface area contributed by atoms with Gasteiger partial charge in [-0.05, 0) is 57.7 Å². The maximum absolute atomic E-state index is 12.0. The van der Waals surface area contributed by atoms with Crippen LogP contribution in [0, 0.1) is 20.8 Å². The Morgan fingerprint density at radius 1 is 1.16 bits per heavy atom. The summed E-state index contributed by atoms with van der Waals surface area (Å²) in [5.74, 6) is 0.999. The molecule has 0 atom stereocenters. The van der Waals surface area contributed by atoms with Crippen molar-refractivity contribution in [3.8, 4) is 5.75 Å². The zero-order valence-electron chi connectivity index (χ0n) is 15.8. The number of unbranched alkanes of at least 4 members (excludes halogenated alkanes) is 1. The minimum absolute atomic E-state index is 0.0992. The Morgan fingerprint density at radius 3 is 2.52 bits per heavy atom. The molecule has 0 saturated carbocycles. The molecule has 0 unspecified atom stereocenters. The smallest absolute Gasteiger partial charge is 0.220 e. The third kappa shape index (κ3) is 5.93. The van der Waals surface area contributed by atoms with Gasteiger partial charge in [0.15, 0.2) is 0 Å². The van der Waals surface area contributed by atoms with Crippen molar-refractivity contribution in [2.75, 3.05) is 13.2 Å². The summed E-state index contributed by atoms with van der Waals surface area (Å²) in [5.41, 5.74) is 4.57. The van der Waals surface area contributed by atoms with Gasteiger partial charge in [0.05, 0.1) is 12.3 Å². The van der Waals surface area contributed by atoms with E-state index in [1.165, 1.54) is 11.1 Å². The quantitative estimate of drug-likeness (QED) is 0.711. The van der Waals surface area contributed by atoms with Gasteiger partial charge in [-0.3, -0.25) is 9.48 Å². The van der Waals surface area contributed by atoms with Gasteiger partial charge >= 0.3 is 0 Å². The number of hydrogen-bond acceptors (Lipinski definition) is 3. The van der Waals surface area contributed by atoms with E-state index in [9.17, 15) is 4.79 Å². The van der Waals surface area contributed by atoms with Gasteiger partial charge in [0.1, 0.15) is 5.75 Å². The number of nitrogens with one attached hydrogen (secondary N) is 1. The second-order valence-electron chi connectivity index (χ2n) is 6.49. The molecule has 0 bridgehead atoms.